The van der Waals surface area contributed by atoms with Crippen LogP contribution in [0.4, 0.5) is 0 Å². The molecule has 0 saturated carbocycles. The van der Waals surface area contributed by atoms with E-state index < -0.39 is 0 Å². The Kier molecular flexibility index (Phi) is 3.58. The van der Waals surface area contributed by atoms with Crippen LogP contribution in [-0.2, 0) is 0 Å². The van der Waals surface area contributed by atoms with Crippen molar-refractivity contribution in [1.29, 1.82) is 0 Å². The first-order chi connectivity index (χ1) is 10.6. The molecule has 6 nitrogen and oxygen atoms in total. The molecule has 6 heteroatoms. The first-order valence-electron chi connectivity index (χ1n) is 7.09. The number of hydrogen-bond donors (Lipinski definition) is 1. The van der Waals surface area contributed by atoms with E-state index in [9.17, 15) is 4.79 Å². The number of hydrogen-bond acceptors (Lipinski definition) is 4. The van der Waals surface area contributed by atoms with Crippen LogP contribution in [0.3, 0.4) is 0 Å². The lowest BCUT2D eigenvalue weighted by atomic mass is 10.1. The smallest absolute Gasteiger partial charge is 0.255 e. The minimum atomic E-state index is -0.181. The average molecular weight is 295 g/mol. The first kappa shape index (κ1) is 14.2. The average Bonchev–Trinajstić information content (AvgIpc) is 2.97. The van der Waals surface area contributed by atoms with Crippen LogP contribution in [0.2, 0.25) is 0 Å². The zero-order valence-corrected chi connectivity index (χ0v) is 12.7. The van der Waals surface area contributed by atoms with Gasteiger partial charge in [-0.2, -0.15) is 5.10 Å². The SMILES string of the molecule is Cc1cccnc1[C@H](C)NC(=O)c1cnc2ccnn2c1C. The van der Waals surface area contributed by atoms with E-state index in [-0.39, 0.29) is 11.9 Å². The normalized spacial score (nSPS) is 12.3. The van der Waals surface area contributed by atoms with Gasteiger partial charge in [0.25, 0.3) is 5.91 Å². The van der Waals surface area contributed by atoms with Crippen molar-refractivity contribution < 1.29 is 4.79 Å². The van der Waals surface area contributed by atoms with E-state index >= 15 is 0 Å². The van der Waals surface area contributed by atoms with Crippen molar-refractivity contribution in [3.8, 4) is 0 Å². The zero-order valence-electron chi connectivity index (χ0n) is 12.7. The van der Waals surface area contributed by atoms with Crippen molar-refractivity contribution in [3.05, 3.63) is 59.3 Å². The molecule has 0 bridgehead atoms. The lowest BCUT2D eigenvalue weighted by Crippen LogP contribution is -2.29. The number of aromatic nitrogens is 4. The molecule has 0 aromatic carbocycles. The summed E-state index contributed by atoms with van der Waals surface area (Å²) in [6.45, 7) is 5.75. The standard InChI is InChI=1S/C16H17N5O/c1-10-5-4-7-17-15(10)11(2)20-16(22)13-9-18-14-6-8-19-21(14)12(13)3/h4-9,11H,1-3H3,(H,20,22)/t11-/m0/s1. The molecule has 1 N–H and O–H groups in total. The Morgan fingerprint density at radius 1 is 1.23 bits per heavy atom. The summed E-state index contributed by atoms with van der Waals surface area (Å²) in [5.74, 6) is -0.181. The number of rotatable bonds is 3. The molecule has 3 aromatic heterocycles. The molecule has 0 radical (unpaired) electrons. The number of pyridine rings is 1. The summed E-state index contributed by atoms with van der Waals surface area (Å²) in [5.41, 5.74) is 3.91. The van der Waals surface area contributed by atoms with Crippen molar-refractivity contribution in [2.45, 2.75) is 26.8 Å². The maximum Gasteiger partial charge on any atom is 0.255 e. The van der Waals surface area contributed by atoms with E-state index in [0.29, 0.717) is 5.56 Å². The van der Waals surface area contributed by atoms with Gasteiger partial charge >= 0.3 is 0 Å². The number of nitrogens with one attached hydrogen (secondary N) is 1. The van der Waals surface area contributed by atoms with E-state index in [1.807, 2.05) is 32.9 Å². The number of amides is 1. The maximum atomic E-state index is 12.5. The third kappa shape index (κ3) is 2.43. The fourth-order valence-corrected chi connectivity index (χ4v) is 2.51. The van der Waals surface area contributed by atoms with Crippen LogP contribution in [0, 0.1) is 13.8 Å². The van der Waals surface area contributed by atoms with Crippen LogP contribution >= 0.6 is 0 Å². The van der Waals surface area contributed by atoms with Gasteiger partial charge in [-0.1, -0.05) is 6.07 Å². The second-order valence-corrected chi connectivity index (χ2v) is 5.26. The van der Waals surface area contributed by atoms with Crippen molar-refractivity contribution >= 4 is 11.6 Å². The lowest BCUT2D eigenvalue weighted by Gasteiger charge is -2.16. The Balaban J connectivity index is 1.87. The van der Waals surface area contributed by atoms with Crippen LogP contribution in [0.25, 0.3) is 5.65 Å². The van der Waals surface area contributed by atoms with Gasteiger partial charge in [-0.25, -0.2) is 9.50 Å². The molecular formula is C16H17N5O. The molecule has 112 valence electrons. The van der Waals surface area contributed by atoms with Crippen molar-refractivity contribution in [2.24, 2.45) is 0 Å². The molecule has 1 amide bonds. The van der Waals surface area contributed by atoms with Gasteiger partial charge in [0, 0.05) is 18.5 Å². The predicted octanol–water partition coefficient (Wildman–Crippen LogP) is 2.23. The number of fused-ring (bicyclic) bond motifs is 1. The van der Waals surface area contributed by atoms with E-state index in [1.54, 1.807) is 29.2 Å². The molecule has 0 aliphatic carbocycles. The number of carbonyl (C=O) groups is 1. The van der Waals surface area contributed by atoms with Gasteiger partial charge in [-0.15, -0.1) is 0 Å². The zero-order chi connectivity index (χ0) is 15.7. The summed E-state index contributed by atoms with van der Waals surface area (Å²) in [7, 11) is 0. The molecule has 3 rings (SSSR count). The Morgan fingerprint density at radius 3 is 2.82 bits per heavy atom. The Morgan fingerprint density at radius 2 is 2.05 bits per heavy atom. The predicted molar refractivity (Wildman–Crippen MR) is 82.6 cm³/mol. The molecular weight excluding hydrogens is 278 g/mol. The van der Waals surface area contributed by atoms with Crippen LogP contribution in [0.5, 0.6) is 0 Å². The second kappa shape index (κ2) is 5.55. The van der Waals surface area contributed by atoms with Gasteiger partial charge in [0.1, 0.15) is 0 Å². The maximum absolute atomic E-state index is 12.5. The fourth-order valence-electron chi connectivity index (χ4n) is 2.51. The minimum Gasteiger partial charge on any atom is -0.344 e. The molecule has 3 heterocycles. The van der Waals surface area contributed by atoms with Crippen LogP contribution in [0.15, 0.2) is 36.8 Å². The second-order valence-electron chi connectivity index (χ2n) is 5.26. The molecule has 3 aromatic rings. The van der Waals surface area contributed by atoms with Crippen molar-refractivity contribution in [2.75, 3.05) is 0 Å². The number of carbonyl (C=O) groups excluding carboxylic acids is 1. The summed E-state index contributed by atoms with van der Waals surface area (Å²) in [6.07, 6.45) is 4.98. The van der Waals surface area contributed by atoms with Crippen molar-refractivity contribution in [1.82, 2.24) is 24.9 Å². The minimum absolute atomic E-state index is 0.179. The molecule has 0 saturated heterocycles. The van der Waals surface area contributed by atoms with Crippen molar-refractivity contribution in [3.63, 3.8) is 0 Å². The van der Waals surface area contributed by atoms with Crippen LogP contribution in [-0.4, -0.2) is 25.5 Å². The quantitative estimate of drug-likeness (QED) is 0.804. The topological polar surface area (TPSA) is 72.2 Å². The summed E-state index contributed by atoms with van der Waals surface area (Å²) >= 11 is 0. The summed E-state index contributed by atoms with van der Waals surface area (Å²) in [6, 6.07) is 5.48. The van der Waals surface area contributed by atoms with Gasteiger partial charge < -0.3 is 5.32 Å². The van der Waals surface area contributed by atoms with Gasteiger partial charge in [0.2, 0.25) is 0 Å². The van der Waals surface area contributed by atoms with Gasteiger partial charge in [0.05, 0.1) is 29.2 Å². The van der Waals surface area contributed by atoms with Crippen LogP contribution < -0.4 is 5.32 Å². The molecule has 0 aliphatic rings. The highest BCUT2D eigenvalue weighted by Gasteiger charge is 2.17. The molecule has 0 aliphatic heterocycles. The number of nitrogens with zero attached hydrogens (tertiary/aromatic N) is 4. The molecule has 0 unspecified atom stereocenters. The van der Waals surface area contributed by atoms with Gasteiger partial charge in [-0.05, 0) is 32.4 Å². The Hall–Kier alpha value is -2.76. The van der Waals surface area contributed by atoms with E-state index in [1.165, 1.54) is 0 Å². The molecule has 0 spiro atoms. The lowest BCUT2D eigenvalue weighted by molar-refractivity contribution is 0.0937. The molecule has 22 heavy (non-hydrogen) atoms. The van der Waals surface area contributed by atoms with E-state index in [2.05, 4.69) is 20.4 Å². The highest BCUT2D eigenvalue weighted by atomic mass is 16.1. The van der Waals surface area contributed by atoms with Gasteiger partial charge in [-0.3, -0.25) is 9.78 Å². The molecule has 0 fully saturated rings. The van der Waals surface area contributed by atoms with Gasteiger partial charge in [0.15, 0.2) is 5.65 Å². The third-order valence-electron chi connectivity index (χ3n) is 3.71. The summed E-state index contributed by atoms with van der Waals surface area (Å²) in [4.78, 5) is 21.1. The highest BCUT2D eigenvalue weighted by molar-refractivity contribution is 5.95. The fraction of sp³-hybridized carbons (Fsp3) is 0.250. The summed E-state index contributed by atoms with van der Waals surface area (Å²) in [5, 5.41) is 7.14. The Bertz CT molecular complexity index is 839. The third-order valence-corrected chi connectivity index (χ3v) is 3.71. The molecule has 1 atom stereocenters. The summed E-state index contributed by atoms with van der Waals surface area (Å²) < 4.78 is 1.66. The largest absolute Gasteiger partial charge is 0.344 e. The number of aryl methyl sites for hydroxylation is 2. The van der Waals surface area contributed by atoms with E-state index in [0.717, 1.165) is 22.6 Å². The first-order valence-corrected chi connectivity index (χ1v) is 7.09. The highest BCUT2D eigenvalue weighted by Crippen LogP contribution is 2.15. The van der Waals surface area contributed by atoms with E-state index in [4.69, 9.17) is 0 Å². The van der Waals surface area contributed by atoms with Crippen LogP contribution in [0.1, 0.15) is 40.3 Å². The monoisotopic (exact) mass is 295 g/mol. The Labute approximate surface area is 128 Å².